The number of rotatable bonds is 1. The van der Waals surface area contributed by atoms with Gasteiger partial charge in [0, 0.05) is 16.4 Å². The molecule has 4 nitrogen and oxygen atoms in total. The van der Waals surface area contributed by atoms with E-state index in [0.29, 0.717) is 12.8 Å². The third kappa shape index (κ3) is 2.63. The van der Waals surface area contributed by atoms with E-state index >= 15 is 0 Å². The van der Waals surface area contributed by atoms with Gasteiger partial charge >= 0.3 is 11.9 Å². The number of carbonyl (C=O) groups excluding carboxylic acids is 2. The summed E-state index contributed by atoms with van der Waals surface area (Å²) in [6.07, 6.45) is 3.12. The van der Waals surface area contributed by atoms with Crippen molar-refractivity contribution in [2.75, 3.05) is 0 Å². The predicted octanol–water partition coefficient (Wildman–Crippen LogP) is 2.68. The summed E-state index contributed by atoms with van der Waals surface area (Å²) in [5.41, 5.74) is 1.12. The van der Waals surface area contributed by atoms with Gasteiger partial charge in [0.25, 0.3) is 5.79 Å². The summed E-state index contributed by atoms with van der Waals surface area (Å²) < 4.78 is 12.1. The minimum absolute atomic E-state index is 0.201. The third-order valence-corrected chi connectivity index (χ3v) is 6.18. The molecule has 0 unspecified atom stereocenters. The number of benzene rings is 1. The normalized spacial score (nSPS) is 20.9. The van der Waals surface area contributed by atoms with E-state index in [1.165, 1.54) is 0 Å². The Balaban J connectivity index is 1.88. The highest BCUT2D eigenvalue weighted by atomic mass is 127. The van der Waals surface area contributed by atoms with Crippen molar-refractivity contribution in [3.8, 4) is 0 Å². The van der Waals surface area contributed by atoms with Crippen LogP contribution in [0.25, 0.3) is 0 Å². The zero-order valence-electron chi connectivity index (χ0n) is 11.1. The SMILES string of the molecule is Cc1cccc(I=C2C(=O)OC3(CCCC3)OC2=O)c1. The van der Waals surface area contributed by atoms with Crippen molar-refractivity contribution in [3.05, 3.63) is 33.4 Å². The number of aryl methyl sites for hydroxylation is 1. The summed E-state index contributed by atoms with van der Waals surface area (Å²) in [5, 5.41) is 0. The second-order valence-corrected chi connectivity index (χ2v) is 7.97. The van der Waals surface area contributed by atoms with Gasteiger partial charge in [-0.05, 0) is 31.9 Å². The Hall–Kier alpha value is -1.24. The molecule has 0 atom stereocenters. The molecule has 0 N–H and O–H groups in total. The standard InChI is InChI=1S/C15H15IO4/c1-10-5-4-6-11(9-10)16-12-13(17)19-15(20-14(12)18)7-2-3-8-15/h4-6,9H,2-3,7-8H2,1H3. The predicted molar refractivity (Wildman–Crippen MR) is 82.3 cm³/mol. The molecule has 1 heterocycles. The van der Waals surface area contributed by atoms with Crippen LogP contribution in [0.5, 0.6) is 0 Å². The Morgan fingerprint density at radius 3 is 2.35 bits per heavy atom. The summed E-state index contributed by atoms with van der Waals surface area (Å²) in [7, 11) is 0. The first kappa shape index (κ1) is 13.7. The summed E-state index contributed by atoms with van der Waals surface area (Å²) in [4.78, 5) is 24.2. The van der Waals surface area contributed by atoms with Gasteiger partial charge in [-0.2, -0.15) is 0 Å². The van der Waals surface area contributed by atoms with Gasteiger partial charge in [-0.1, -0.05) is 38.4 Å². The fraction of sp³-hybridized carbons (Fsp3) is 0.400. The number of halogens is 1. The lowest BCUT2D eigenvalue weighted by Gasteiger charge is -2.32. The van der Waals surface area contributed by atoms with Crippen LogP contribution < -0.4 is 0 Å². The van der Waals surface area contributed by atoms with E-state index in [0.717, 1.165) is 22.0 Å². The van der Waals surface area contributed by atoms with E-state index < -0.39 is 38.5 Å². The molecule has 1 aromatic carbocycles. The first-order chi connectivity index (χ1) is 9.58. The Labute approximate surface area is 127 Å². The van der Waals surface area contributed by atoms with Crippen molar-refractivity contribution in [1.82, 2.24) is 0 Å². The molecule has 2 aliphatic rings. The average Bonchev–Trinajstić information content (AvgIpc) is 2.82. The van der Waals surface area contributed by atoms with Crippen LogP contribution in [0.4, 0.5) is 0 Å². The van der Waals surface area contributed by atoms with Crippen LogP contribution in [0.15, 0.2) is 24.3 Å². The first-order valence-electron chi connectivity index (χ1n) is 6.63. The second-order valence-electron chi connectivity index (χ2n) is 5.10. The molecule has 1 saturated carbocycles. The minimum atomic E-state index is -0.964. The van der Waals surface area contributed by atoms with E-state index in [9.17, 15) is 9.59 Å². The van der Waals surface area contributed by atoms with Gasteiger partial charge in [0.15, 0.2) is 3.51 Å². The van der Waals surface area contributed by atoms with Crippen LogP contribution in [-0.4, -0.2) is 21.2 Å². The highest BCUT2D eigenvalue weighted by Gasteiger charge is 2.48. The molecule has 106 valence electrons. The molecule has 3 rings (SSSR count). The van der Waals surface area contributed by atoms with Gasteiger partial charge in [-0.15, -0.1) is 0 Å². The van der Waals surface area contributed by atoms with Crippen molar-refractivity contribution >= 4 is 36.2 Å². The fourth-order valence-electron chi connectivity index (χ4n) is 2.50. The Morgan fingerprint density at radius 1 is 1.10 bits per heavy atom. The Kier molecular flexibility index (Phi) is 3.62. The highest BCUT2D eigenvalue weighted by molar-refractivity contribution is 14.2. The third-order valence-electron chi connectivity index (χ3n) is 3.46. The van der Waals surface area contributed by atoms with Crippen molar-refractivity contribution in [3.63, 3.8) is 0 Å². The number of carbonyl (C=O) groups is 2. The van der Waals surface area contributed by atoms with Crippen molar-refractivity contribution in [2.45, 2.75) is 38.4 Å². The lowest BCUT2D eigenvalue weighted by Crippen LogP contribution is -2.48. The van der Waals surface area contributed by atoms with E-state index in [1.54, 1.807) is 0 Å². The smallest absolute Gasteiger partial charge is 0.354 e. The molecule has 0 amide bonds. The molecule has 5 heteroatoms. The Morgan fingerprint density at radius 2 is 1.75 bits per heavy atom. The quantitative estimate of drug-likeness (QED) is 0.550. The molecule has 20 heavy (non-hydrogen) atoms. The average molecular weight is 386 g/mol. The van der Waals surface area contributed by atoms with Gasteiger partial charge in [0.2, 0.25) is 0 Å². The summed E-state index contributed by atoms with van der Waals surface area (Å²) >= 11 is -0.856. The van der Waals surface area contributed by atoms with E-state index in [-0.39, 0.29) is 3.51 Å². The molecule has 2 fully saturated rings. The molecule has 1 saturated heterocycles. The van der Waals surface area contributed by atoms with Gasteiger partial charge in [-0.3, -0.25) is 0 Å². The summed E-state index contributed by atoms with van der Waals surface area (Å²) in [6.45, 7) is 1.99. The monoisotopic (exact) mass is 386 g/mol. The van der Waals surface area contributed by atoms with E-state index in [4.69, 9.17) is 9.47 Å². The lowest BCUT2D eigenvalue weighted by atomic mass is 10.2. The molecular weight excluding hydrogens is 371 g/mol. The number of hydrogen-bond acceptors (Lipinski definition) is 4. The molecule has 1 aromatic rings. The zero-order valence-corrected chi connectivity index (χ0v) is 13.3. The van der Waals surface area contributed by atoms with Gasteiger partial charge in [-0.25, -0.2) is 9.59 Å². The number of esters is 2. The van der Waals surface area contributed by atoms with Gasteiger partial charge < -0.3 is 9.47 Å². The Bertz CT molecular complexity index is 578. The van der Waals surface area contributed by atoms with E-state index in [1.807, 2.05) is 31.2 Å². The molecule has 0 aromatic heterocycles. The highest BCUT2D eigenvalue weighted by Crippen LogP contribution is 2.37. The molecular formula is C15H15IO4. The molecule has 0 bridgehead atoms. The maximum Gasteiger partial charge on any atom is 0.354 e. The van der Waals surface area contributed by atoms with Crippen LogP contribution in [0.2, 0.25) is 0 Å². The topological polar surface area (TPSA) is 52.6 Å². The minimum Gasteiger partial charge on any atom is -0.418 e. The molecule has 1 spiro atoms. The number of hydrogen-bond donors (Lipinski definition) is 0. The van der Waals surface area contributed by atoms with Crippen LogP contribution in [0, 0.1) is 10.5 Å². The molecule has 1 aliphatic carbocycles. The van der Waals surface area contributed by atoms with E-state index in [2.05, 4.69) is 0 Å². The fourth-order valence-corrected chi connectivity index (χ4v) is 4.82. The van der Waals surface area contributed by atoms with Crippen LogP contribution in [0.1, 0.15) is 31.2 Å². The van der Waals surface area contributed by atoms with Crippen molar-refractivity contribution in [1.29, 1.82) is 0 Å². The largest absolute Gasteiger partial charge is 0.418 e. The molecule has 1 aliphatic heterocycles. The van der Waals surface area contributed by atoms with Gasteiger partial charge in [0.1, 0.15) is 0 Å². The first-order valence-corrected chi connectivity index (χ1v) is 8.79. The van der Waals surface area contributed by atoms with Crippen LogP contribution in [-0.2, 0) is 19.1 Å². The van der Waals surface area contributed by atoms with Crippen molar-refractivity contribution in [2.24, 2.45) is 0 Å². The number of ether oxygens (including phenoxy) is 2. The zero-order chi connectivity index (χ0) is 14.2. The summed E-state index contributed by atoms with van der Waals surface area (Å²) in [5.74, 6) is -1.91. The maximum absolute atomic E-state index is 12.1. The summed E-state index contributed by atoms with van der Waals surface area (Å²) in [6, 6.07) is 7.86. The van der Waals surface area contributed by atoms with Crippen LogP contribution >= 0.6 is 20.7 Å². The van der Waals surface area contributed by atoms with Crippen molar-refractivity contribution < 1.29 is 19.1 Å². The second kappa shape index (κ2) is 5.27. The lowest BCUT2D eigenvalue weighted by molar-refractivity contribution is -0.224. The van der Waals surface area contributed by atoms with Gasteiger partial charge in [0.05, 0.1) is 0 Å². The van der Waals surface area contributed by atoms with Crippen LogP contribution in [0.3, 0.4) is 0 Å². The molecule has 0 radical (unpaired) electrons. The maximum atomic E-state index is 12.1.